The molecule has 6 heteroatoms. The smallest absolute Gasteiger partial charge is 0.270 e. The van der Waals surface area contributed by atoms with Crippen molar-refractivity contribution >= 4 is 40.9 Å². The molecule has 5 nitrogen and oxygen atoms in total. The van der Waals surface area contributed by atoms with Crippen molar-refractivity contribution in [2.24, 2.45) is 0 Å². The Morgan fingerprint density at radius 1 is 0.938 bits per heavy atom. The molecule has 0 unspecified atom stereocenters. The van der Waals surface area contributed by atoms with Crippen molar-refractivity contribution in [1.29, 1.82) is 0 Å². The molecule has 0 saturated carbocycles. The maximum atomic E-state index is 13.0. The van der Waals surface area contributed by atoms with Crippen LogP contribution in [0, 0.1) is 13.8 Å². The molecule has 1 aliphatic rings. The van der Waals surface area contributed by atoms with E-state index in [0.29, 0.717) is 23.6 Å². The third-order valence-electron chi connectivity index (χ3n) is 5.28. The van der Waals surface area contributed by atoms with E-state index in [4.69, 9.17) is 17.0 Å². The van der Waals surface area contributed by atoms with E-state index in [0.717, 1.165) is 5.56 Å². The van der Waals surface area contributed by atoms with Gasteiger partial charge >= 0.3 is 0 Å². The molecule has 1 fully saturated rings. The van der Waals surface area contributed by atoms with Crippen LogP contribution in [0.15, 0.2) is 78.4 Å². The highest BCUT2D eigenvalue weighted by atomic mass is 32.1. The predicted octanol–water partition coefficient (Wildman–Crippen LogP) is 4.71. The molecule has 3 aromatic carbocycles. The number of para-hydroxylation sites is 1. The monoisotopic (exact) mass is 442 g/mol. The molecule has 2 amide bonds. The van der Waals surface area contributed by atoms with Gasteiger partial charge in [0.15, 0.2) is 5.11 Å². The Labute approximate surface area is 192 Å². The van der Waals surface area contributed by atoms with Crippen molar-refractivity contribution in [3.63, 3.8) is 0 Å². The van der Waals surface area contributed by atoms with Gasteiger partial charge in [-0.2, -0.15) is 0 Å². The number of anilines is 1. The van der Waals surface area contributed by atoms with Crippen LogP contribution in [0.5, 0.6) is 5.75 Å². The number of nitrogens with one attached hydrogen (secondary N) is 1. The molecule has 0 radical (unpaired) electrons. The first-order valence-corrected chi connectivity index (χ1v) is 10.6. The van der Waals surface area contributed by atoms with E-state index >= 15 is 0 Å². The van der Waals surface area contributed by atoms with E-state index in [-0.39, 0.29) is 10.7 Å². The quantitative estimate of drug-likeness (QED) is 0.353. The van der Waals surface area contributed by atoms with E-state index in [2.05, 4.69) is 37.4 Å². The molecule has 1 N–H and O–H groups in total. The van der Waals surface area contributed by atoms with Crippen LogP contribution in [-0.4, -0.2) is 16.9 Å². The SMILES string of the molecule is Cc1ccc(COc2ccc(/C=C3/C(=O)NC(=S)N(c4ccccc4)C3=O)cc2)cc1C. The Kier molecular flexibility index (Phi) is 6.14. The first-order valence-electron chi connectivity index (χ1n) is 10.2. The van der Waals surface area contributed by atoms with Crippen LogP contribution in [0.1, 0.15) is 22.3 Å². The molecular weight excluding hydrogens is 420 g/mol. The summed E-state index contributed by atoms with van der Waals surface area (Å²) in [6.45, 7) is 4.62. The first-order chi connectivity index (χ1) is 15.4. The minimum atomic E-state index is -0.512. The lowest BCUT2D eigenvalue weighted by atomic mass is 10.1. The summed E-state index contributed by atoms with van der Waals surface area (Å²) >= 11 is 5.21. The van der Waals surface area contributed by atoms with E-state index in [1.807, 2.05) is 42.5 Å². The number of benzene rings is 3. The maximum absolute atomic E-state index is 13.0. The molecule has 1 aliphatic heterocycles. The maximum Gasteiger partial charge on any atom is 0.270 e. The Bertz CT molecular complexity index is 1220. The minimum Gasteiger partial charge on any atom is -0.489 e. The fourth-order valence-electron chi connectivity index (χ4n) is 3.36. The van der Waals surface area contributed by atoms with Crippen molar-refractivity contribution in [1.82, 2.24) is 5.32 Å². The fourth-order valence-corrected chi connectivity index (χ4v) is 3.64. The van der Waals surface area contributed by atoms with E-state index in [1.54, 1.807) is 18.2 Å². The largest absolute Gasteiger partial charge is 0.489 e. The summed E-state index contributed by atoms with van der Waals surface area (Å²) in [5.74, 6) is -0.265. The fraction of sp³-hybridized carbons (Fsp3) is 0.115. The summed E-state index contributed by atoms with van der Waals surface area (Å²) < 4.78 is 5.87. The second-order valence-electron chi connectivity index (χ2n) is 7.57. The molecule has 0 spiro atoms. The molecule has 32 heavy (non-hydrogen) atoms. The summed E-state index contributed by atoms with van der Waals surface area (Å²) in [4.78, 5) is 26.8. The zero-order valence-corrected chi connectivity index (χ0v) is 18.6. The average molecular weight is 443 g/mol. The number of hydrogen-bond donors (Lipinski definition) is 1. The van der Waals surface area contributed by atoms with Crippen LogP contribution in [0.2, 0.25) is 0 Å². The molecule has 0 aromatic heterocycles. The van der Waals surface area contributed by atoms with Gasteiger partial charge in [-0.25, -0.2) is 0 Å². The molecule has 0 aliphatic carbocycles. The third-order valence-corrected chi connectivity index (χ3v) is 5.57. The minimum absolute atomic E-state index is 0.0197. The third kappa shape index (κ3) is 4.60. The lowest BCUT2D eigenvalue weighted by molar-refractivity contribution is -0.122. The summed E-state index contributed by atoms with van der Waals surface area (Å²) in [5.41, 5.74) is 4.91. The zero-order chi connectivity index (χ0) is 22.7. The van der Waals surface area contributed by atoms with Crippen molar-refractivity contribution in [2.45, 2.75) is 20.5 Å². The van der Waals surface area contributed by atoms with Crippen LogP contribution < -0.4 is 15.0 Å². The highest BCUT2D eigenvalue weighted by molar-refractivity contribution is 7.80. The number of ether oxygens (including phenoxy) is 1. The van der Waals surface area contributed by atoms with Crippen molar-refractivity contribution < 1.29 is 14.3 Å². The lowest BCUT2D eigenvalue weighted by Crippen LogP contribution is -2.54. The predicted molar refractivity (Wildman–Crippen MR) is 129 cm³/mol. The zero-order valence-electron chi connectivity index (χ0n) is 17.8. The lowest BCUT2D eigenvalue weighted by Gasteiger charge is -2.28. The number of nitrogens with zero attached hydrogens (tertiary/aromatic N) is 1. The van der Waals surface area contributed by atoms with Gasteiger partial charge in [0.2, 0.25) is 0 Å². The molecule has 4 rings (SSSR count). The standard InChI is InChI=1S/C26H22N2O3S/c1-17-8-9-20(14-18(17)2)16-31-22-12-10-19(11-13-22)15-23-24(29)27-26(32)28(25(23)30)21-6-4-3-5-7-21/h3-15H,16H2,1-2H3,(H,27,29,32)/b23-15-. The average Bonchev–Trinajstić information content (AvgIpc) is 2.79. The van der Waals surface area contributed by atoms with E-state index in [9.17, 15) is 9.59 Å². The normalized spacial score (nSPS) is 15.1. The van der Waals surface area contributed by atoms with Gasteiger partial charge in [-0.15, -0.1) is 0 Å². The van der Waals surface area contributed by atoms with Crippen LogP contribution in [0.3, 0.4) is 0 Å². The Morgan fingerprint density at radius 2 is 1.66 bits per heavy atom. The molecule has 160 valence electrons. The molecule has 1 heterocycles. The Balaban J connectivity index is 1.50. The van der Waals surface area contributed by atoms with Crippen LogP contribution in [-0.2, 0) is 16.2 Å². The summed E-state index contributed by atoms with van der Waals surface area (Å²) in [6.07, 6.45) is 1.56. The molecule has 3 aromatic rings. The Morgan fingerprint density at radius 3 is 2.34 bits per heavy atom. The molecular formula is C26H22N2O3S. The number of thiocarbonyl (C=S) groups is 1. The number of rotatable bonds is 5. The van der Waals surface area contributed by atoms with Gasteiger partial charge in [0.05, 0.1) is 5.69 Å². The topological polar surface area (TPSA) is 58.6 Å². The first kappa shape index (κ1) is 21.5. The second kappa shape index (κ2) is 9.16. The summed E-state index contributed by atoms with van der Waals surface area (Å²) in [6, 6.07) is 22.5. The van der Waals surface area contributed by atoms with Crippen molar-refractivity contribution in [3.05, 3.63) is 101 Å². The summed E-state index contributed by atoms with van der Waals surface area (Å²) in [5, 5.41) is 2.66. The number of hydrogen-bond acceptors (Lipinski definition) is 4. The molecule has 0 bridgehead atoms. The van der Waals surface area contributed by atoms with Gasteiger partial charge in [-0.05, 0) is 78.7 Å². The Hall–Kier alpha value is -3.77. The second-order valence-corrected chi connectivity index (χ2v) is 7.96. The van der Waals surface area contributed by atoms with Crippen LogP contribution in [0.4, 0.5) is 5.69 Å². The van der Waals surface area contributed by atoms with Gasteiger partial charge in [-0.3, -0.25) is 19.8 Å². The number of amides is 2. The number of carbonyl (C=O) groups excluding carboxylic acids is 2. The van der Waals surface area contributed by atoms with Crippen LogP contribution in [0.25, 0.3) is 6.08 Å². The van der Waals surface area contributed by atoms with Crippen molar-refractivity contribution in [2.75, 3.05) is 4.90 Å². The van der Waals surface area contributed by atoms with Gasteiger partial charge in [0, 0.05) is 0 Å². The highest BCUT2D eigenvalue weighted by Gasteiger charge is 2.34. The van der Waals surface area contributed by atoms with Gasteiger partial charge in [0.1, 0.15) is 17.9 Å². The van der Waals surface area contributed by atoms with E-state index in [1.165, 1.54) is 16.0 Å². The van der Waals surface area contributed by atoms with Crippen molar-refractivity contribution in [3.8, 4) is 5.75 Å². The highest BCUT2D eigenvalue weighted by Crippen LogP contribution is 2.23. The van der Waals surface area contributed by atoms with Gasteiger partial charge < -0.3 is 4.74 Å². The number of carbonyl (C=O) groups is 2. The number of aryl methyl sites for hydroxylation is 2. The van der Waals surface area contributed by atoms with Crippen LogP contribution >= 0.6 is 12.2 Å². The molecule has 1 saturated heterocycles. The van der Waals surface area contributed by atoms with E-state index < -0.39 is 11.8 Å². The molecule has 0 atom stereocenters. The van der Waals surface area contributed by atoms with Gasteiger partial charge in [-0.1, -0.05) is 48.5 Å². The van der Waals surface area contributed by atoms with Gasteiger partial charge in [0.25, 0.3) is 11.8 Å². The summed E-state index contributed by atoms with van der Waals surface area (Å²) in [7, 11) is 0.